The first-order chi connectivity index (χ1) is 9.45. The molecule has 0 radical (unpaired) electrons. The number of nitrogens with one attached hydrogen (secondary N) is 1. The van der Waals surface area contributed by atoms with Crippen LogP contribution in [0.15, 0.2) is 22.7 Å². The van der Waals surface area contributed by atoms with Crippen molar-refractivity contribution in [2.75, 3.05) is 20.2 Å². The Morgan fingerprint density at radius 1 is 1.20 bits per heavy atom. The summed E-state index contributed by atoms with van der Waals surface area (Å²) in [4.78, 5) is 2.50. The van der Waals surface area contributed by atoms with Gasteiger partial charge in [-0.2, -0.15) is 0 Å². The highest BCUT2D eigenvalue weighted by Crippen LogP contribution is 2.25. The molecular weight excluding hydrogens is 316 g/mol. The van der Waals surface area contributed by atoms with Gasteiger partial charge in [-0.3, -0.25) is 4.90 Å². The molecule has 20 heavy (non-hydrogen) atoms. The molecule has 0 saturated heterocycles. The van der Waals surface area contributed by atoms with E-state index >= 15 is 0 Å². The number of halogens is 1. The first kappa shape index (κ1) is 17.5. The molecular formula is C16H27BrN2O. The van der Waals surface area contributed by atoms with Crippen LogP contribution in [0, 0.1) is 0 Å². The molecule has 3 nitrogen and oxygen atoms in total. The molecule has 114 valence electrons. The molecule has 4 heteroatoms. The molecule has 0 aliphatic heterocycles. The molecule has 0 spiro atoms. The largest absolute Gasteiger partial charge is 0.496 e. The van der Waals surface area contributed by atoms with Gasteiger partial charge in [0.15, 0.2) is 0 Å². The molecule has 1 rings (SSSR count). The Morgan fingerprint density at radius 3 is 2.35 bits per heavy atom. The standard InChI is InChI=1S/C16H27BrN2O/c1-12(2)19(13(3)4)9-8-18-11-14-6-7-16(20-5)15(17)10-14/h6-7,10,12-13,18H,8-9,11H2,1-5H3. The predicted molar refractivity (Wildman–Crippen MR) is 89.4 cm³/mol. The SMILES string of the molecule is COc1ccc(CNCCN(C(C)C)C(C)C)cc1Br. The zero-order valence-electron chi connectivity index (χ0n) is 13.2. The third kappa shape index (κ3) is 5.43. The van der Waals surface area contributed by atoms with Crippen molar-refractivity contribution < 1.29 is 4.74 Å². The second-order valence-electron chi connectivity index (χ2n) is 5.57. The molecule has 1 aromatic rings. The summed E-state index contributed by atoms with van der Waals surface area (Å²) in [5.41, 5.74) is 1.26. The number of methoxy groups -OCH3 is 1. The fourth-order valence-electron chi connectivity index (χ4n) is 2.37. The summed E-state index contributed by atoms with van der Waals surface area (Å²) in [7, 11) is 1.68. The molecule has 0 aliphatic rings. The molecule has 1 N–H and O–H groups in total. The van der Waals surface area contributed by atoms with Crippen molar-refractivity contribution in [2.45, 2.75) is 46.3 Å². The number of benzene rings is 1. The molecule has 0 atom stereocenters. The van der Waals surface area contributed by atoms with Crippen LogP contribution >= 0.6 is 15.9 Å². The molecule has 0 unspecified atom stereocenters. The lowest BCUT2D eigenvalue weighted by Crippen LogP contribution is -2.41. The van der Waals surface area contributed by atoms with E-state index < -0.39 is 0 Å². The molecule has 0 amide bonds. The average Bonchev–Trinajstić information content (AvgIpc) is 2.37. The number of nitrogens with zero attached hydrogens (tertiary/aromatic N) is 1. The summed E-state index contributed by atoms with van der Waals surface area (Å²) in [6.07, 6.45) is 0. The van der Waals surface area contributed by atoms with Gasteiger partial charge in [0.25, 0.3) is 0 Å². The van der Waals surface area contributed by atoms with E-state index in [1.54, 1.807) is 7.11 Å². The molecule has 0 aromatic heterocycles. The highest BCUT2D eigenvalue weighted by Gasteiger charge is 2.12. The predicted octanol–water partition coefficient (Wildman–Crippen LogP) is 3.67. The van der Waals surface area contributed by atoms with E-state index in [0.717, 1.165) is 29.9 Å². The number of ether oxygens (including phenoxy) is 1. The molecule has 0 saturated carbocycles. The van der Waals surface area contributed by atoms with Gasteiger partial charge < -0.3 is 10.1 Å². The minimum atomic E-state index is 0.590. The number of rotatable bonds is 8. The lowest BCUT2D eigenvalue weighted by atomic mass is 10.2. The van der Waals surface area contributed by atoms with Crippen LogP contribution in [0.4, 0.5) is 0 Å². The van der Waals surface area contributed by atoms with E-state index in [1.165, 1.54) is 5.56 Å². The minimum Gasteiger partial charge on any atom is -0.496 e. The second-order valence-corrected chi connectivity index (χ2v) is 6.43. The van der Waals surface area contributed by atoms with Crippen LogP contribution in [0.2, 0.25) is 0 Å². The quantitative estimate of drug-likeness (QED) is 0.729. The molecule has 0 fully saturated rings. The van der Waals surface area contributed by atoms with Crippen LogP contribution in [-0.4, -0.2) is 37.2 Å². The summed E-state index contributed by atoms with van der Waals surface area (Å²) in [5, 5.41) is 3.50. The fourth-order valence-corrected chi connectivity index (χ4v) is 2.96. The van der Waals surface area contributed by atoms with E-state index in [-0.39, 0.29) is 0 Å². The zero-order valence-corrected chi connectivity index (χ0v) is 14.8. The Kier molecular flexibility index (Phi) is 7.56. The van der Waals surface area contributed by atoms with Crippen molar-refractivity contribution in [2.24, 2.45) is 0 Å². The van der Waals surface area contributed by atoms with Crippen LogP contribution < -0.4 is 10.1 Å². The highest BCUT2D eigenvalue weighted by molar-refractivity contribution is 9.10. The first-order valence-electron chi connectivity index (χ1n) is 7.24. The van der Waals surface area contributed by atoms with Crippen molar-refractivity contribution in [3.05, 3.63) is 28.2 Å². The van der Waals surface area contributed by atoms with E-state index in [2.05, 4.69) is 66.0 Å². The summed E-state index contributed by atoms with van der Waals surface area (Å²) < 4.78 is 6.24. The Bertz CT molecular complexity index is 399. The molecule has 0 bridgehead atoms. The van der Waals surface area contributed by atoms with Crippen LogP contribution in [0.3, 0.4) is 0 Å². The maximum absolute atomic E-state index is 5.24. The summed E-state index contributed by atoms with van der Waals surface area (Å²) >= 11 is 3.52. The Labute approximate surface area is 131 Å². The van der Waals surface area contributed by atoms with Crippen molar-refractivity contribution >= 4 is 15.9 Å². The summed E-state index contributed by atoms with van der Waals surface area (Å²) in [5.74, 6) is 0.875. The van der Waals surface area contributed by atoms with Crippen molar-refractivity contribution in [1.82, 2.24) is 10.2 Å². The topological polar surface area (TPSA) is 24.5 Å². The monoisotopic (exact) mass is 342 g/mol. The Balaban J connectivity index is 2.39. The normalized spacial score (nSPS) is 11.7. The molecule has 1 aromatic carbocycles. The highest BCUT2D eigenvalue weighted by atomic mass is 79.9. The maximum atomic E-state index is 5.24. The van der Waals surface area contributed by atoms with Gasteiger partial charge >= 0.3 is 0 Å². The van der Waals surface area contributed by atoms with Gasteiger partial charge in [0.05, 0.1) is 11.6 Å². The van der Waals surface area contributed by atoms with Crippen LogP contribution in [-0.2, 0) is 6.54 Å². The Hall–Kier alpha value is -0.580. The van der Waals surface area contributed by atoms with E-state index in [4.69, 9.17) is 4.74 Å². The van der Waals surface area contributed by atoms with E-state index in [0.29, 0.717) is 12.1 Å². The maximum Gasteiger partial charge on any atom is 0.133 e. The average molecular weight is 343 g/mol. The van der Waals surface area contributed by atoms with Crippen molar-refractivity contribution in [1.29, 1.82) is 0 Å². The molecule has 0 heterocycles. The molecule has 0 aliphatic carbocycles. The Morgan fingerprint density at radius 2 is 1.85 bits per heavy atom. The second kappa shape index (κ2) is 8.65. The lowest BCUT2D eigenvalue weighted by molar-refractivity contribution is 0.176. The van der Waals surface area contributed by atoms with Crippen LogP contribution in [0.1, 0.15) is 33.3 Å². The van der Waals surface area contributed by atoms with Crippen molar-refractivity contribution in [3.8, 4) is 5.75 Å². The lowest BCUT2D eigenvalue weighted by Gasteiger charge is -2.30. The number of hydrogen-bond acceptors (Lipinski definition) is 3. The van der Waals surface area contributed by atoms with Gasteiger partial charge in [-0.05, 0) is 61.3 Å². The van der Waals surface area contributed by atoms with Gasteiger partial charge in [0.1, 0.15) is 5.75 Å². The van der Waals surface area contributed by atoms with Gasteiger partial charge in [0, 0.05) is 31.7 Å². The van der Waals surface area contributed by atoms with E-state index in [1.807, 2.05) is 6.07 Å². The smallest absolute Gasteiger partial charge is 0.133 e. The summed E-state index contributed by atoms with van der Waals surface area (Å²) in [6, 6.07) is 7.38. The van der Waals surface area contributed by atoms with Gasteiger partial charge in [0.2, 0.25) is 0 Å². The zero-order chi connectivity index (χ0) is 15.1. The van der Waals surface area contributed by atoms with Crippen LogP contribution in [0.5, 0.6) is 5.75 Å². The third-order valence-electron chi connectivity index (χ3n) is 3.42. The van der Waals surface area contributed by atoms with Gasteiger partial charge in [-0.1, -0.05) is 6.07 Å². The first-order valence-corrected chi connectivity index (χ1v) is 8.04. The van der Waals surface area contributed by atoms with E-state index in [9.17, 15) is 0 Å². The van der Waals surface area contributed by atoms with Gasteiger partial charge in [-0.15, -0.1) is 0 Å². The fraction of sp³-hybridized carbons (Fsp3) is 0.625. The van der Waals surface area contributed by atoms with Crippen molar-refractivity contribution in [3.63, 3.8) is 0 Å². The minimum absolute atomic E-state index is 0.590. The third-order valence-corrected chi connectivity index (χ3v) is 4.04. The summed E-state index contributed by atoms with van der Waals surface area (Å²) in [6.45, 7) is 12.0. The van der Waals surface area contributed by atoms with Gasteiger partial charge in [-0.25, -0.2) is 0 Å². The van der Waals surface area contributed by atoms with Crippen LogP contribution in [0.25, 0.3) is 0 Å². The number of hydrogen-bond donors (Lipinski definition) is 1.